The Bertz CT molecular complexity index is 347. The molecule has 1 nitrogen and oxygen atoms in total. The van der Waals surface area contributed by atoms with Crippen LogP contribution in [-0.2, 0) is 4.79 Å². The van der Waals surface area contributed by atoms with Crippen molar-refractivity contribution in [1.82, 2.24) is 0 Å². The summed E-state index contributed by atoms with van der Waals surface area (Å²) in [6, 6.07) is 10.5. The van der Waals surface area contributed by atoms with E-state index in [9.17, 15) is 4.79 Å². The zero-order chi connectivity index (χ0) is 10.7. The molecule has 2 heteroatoms. The first-order chi connectivity index (χ1) is 7.21. The molecule has 0 bridgehead atoms. The maximum absolute atomic E-state index is 11.9. The van der Waals surface area contributed by atoms with Crippen LogP contribution in [0.4, 0.5) is 0 Å². The van der Waals surface area contributed by atoms with E-state index < -0.39 is 0 Å². The van der Waals surface area contributed by atoms with Crippen molar-refractivity contribution in [2.45, 2.75) is 36.9 Å². The van der Waals surface area contributed by atoms with Gasteiger partial charge in [-0.15, -0.1) is 0 Å². The third kappa shape index (κ3) is 2.50. The van der Waals surface area contributed by atoms with Crippen LogP contribution >= 0.6 is 0 Å². The second-order valence-electron chi connectivity index (χ2n) is 4.28. The fraction of sp³-hybridized carbons (Fsp3) is 0.462. The zero-order valence-corrected chi connectivity index (χ0v) is 10.7. The van der Waals surface area contributed by atoms with Gasteiger partial charge < -0.3 is 0 Å². The number of hydrogen-bond donors (Lipinski definition) is 0. The van der Waals surface area contributed by atoms with Gasteiger partial charge in [-0.05, 0) is 0 Å². The van der Waals surface area contributed by atoms with E-state index >= 15 is 0 Å². The van der Waals surface area contributed by atoms with Crippen LogP contribution in [0, 0.1) is 0 Å². The predicted octanol–water partition coefficient (Wildman–Crippen LogP) is 2.34. The van der Waals surface area contributed by atoms with Gasteiger partial charge in [-0.1, -0.05) is 0 Å². The van der Waals surface area contributed by atoms with Crippen LogP contribution in [0.5, 0.6) is 0 Å². The van der Waals surface area contributed by atoms with E-state index in [1.807, 2.05) is 6.07 Å². The van der Waals surface area contributed by atoms with Crippen LogP contribution < -0.4 is 4.46 Å². The van der Waals surface area contributed by atoms with Crippen molar-refractivity contribution in [3.63, 3.8) is 0 Å². The summed E-state index contributed by atoms with van der Waals surface area (Å²) in [7, 11) is 0. The molecule has 0 heterocycles. The van der Waals surface area contributed by atoms with Gasteiger partial charge in [0.15, 0.2) is 0 Å². The van der Waals surface area contributed by atoms with Crippen LogP contribution in [0.2, 0.25) is 4.31 Å². The number of Topliss-reactive ketones (excluding diaryl/α,β-unsaturated/α-hetero) is 1. The van der Waals surface area contributed by atoms with E-state index in [4.69, 9.17) is 0 Å². The molecule has 0 aromatic heterocycles. The van der Waals surface area contributed by atoms with E-state index in [-0.39, 0.29) is 4.31 Å². The van der Waals surface area contributed by atoms with Crippen molar-refractivity contribution in [2.75, 3.05) is 0 Å². The molecule has 0 radical (unpaired) electrons. The van der Waals surface area contributed by atoms with Crippen LogP contribution in [-0.4, -0.2) is 20.7 Å². The Hall–Kier alpha value is -0.591. The van der Waals surface area contributed by atoms with Crippen molar-refractivity contribution < 1.29 is 4.79 Å². The third-order valence-electron chi connectivity index (χ3n) is 2.98. The molecule has 80 valence electrons. The molecule has 0 N–H and O–H groups in total. The first kappa shape index (κ1) is 10.9. The van der Waals surface area contributed by atoms with Crippen molar-refractivity contribution in [2.24, 2.45) is 0 Å². The topological polar surface area (TPSA) is 17.1 Å². The Morgan fingerprint density at radius 3 is 2.60 bits per heavy atom. The molecule has 1 atom stereocenters. The Morgan fingerprint density at radius 2 is 1.93 bits per heavy atom. The maximum atomic E-state index is 11.9. The number of carbonyl (C=O) groups is 1. The average Bonchev–Trinajstić information content (AvgIpc) is 2.24. The fourth-order valence-corrected chi connectivity index (χ4v) is 4.68. The van der Waals surface area contributed by atoms with Gasteiger partial charge in [0.2, 0.25) is 0 Å². The molecule has 0 spiro atoms. The van der Waals surface area contributed by atoms with Gasteiger partial charge in [-0.2, -0.15) is 0 Å². The Kier molecular flexibility index (Phi) is 3.28. The molecule has 2 rings (SSSR count). The van der Waals surface area contributed by atoms with Crippen molar-refractivity contribution in [1.29, 1.82) is 0 Å². The second kappa shape index (κ2) is 4.51. The molecule has 0 amide bonds. The van der Waals surface area contributed by atoms with E-state index in [2.05, 4.69) is 31.2 Å². The van der Waals surface area contributed by atoms with Crippen LogP contribution in [0.25, 0.3) is 0 Å². The van der Waals surface area contributed by atoms with Gasteiger partial charge in [-0.25, -0.2) is 0 Å². The third-order valence-corrected chi connectivity index (χ3v) is 5.90. The van der Waals surface area contributed by atoms with E-state index in [1.54, 1.807) is 0 Å². The number of hydrogen-bond acceptors (Lipinski definition) is 1. The number of carbonyl (C=O) groups excluding carboxylic acids is 1. The van der Waals surface area contributed by atoms with Gasteiger partial charge in [-0.3, -0.25) is 0 Å². The normalized spacial score (nSPS) is 26.6. The standard InChI is InChI=1S/C13H16OSe/c1-13(10-6-5-9-12(13)14)15-11-7-3-2-4-8-11/h2-4,7-8H,5-6,9-10H2,1H3. The van der Waals surface area contributed by atoms with E-state index in [0.29, 0.717) is 20.7 Å². The second-order valence-corrected chi connectivity index (χ2v) is 7.58. The van der Waals surface area contributed by atoms with Gasteiger partial charge >= 0.3 is 97.2 Å². The van der Waals surface area contributed by atoms with Gasteiger partial charge in [0.1, 0.15) is 0 Å². The monoisotopic (exact) mass is 268 g/mol. The molecule has 1 saturated carbocycles. The Balaban J connectivity index is 2.13. The quantitative estimate of drug-likeness (QED) is 0.752. The molecule has 0 aliphatic heterocycles. The summed E-state index contributed by atoms with van der Waals surface area (Å²) in [5.74, 6) is 0.484. The van der Waals surface area contributed by atoms with Crippen molar-refractivity contribution in [3.8, 4) is 0 Å². The Labute approximate surface area is 97.4 Å². The van der Waals surface area contributed by atoms with Gasteiger partial charge in [0.05, 0.1) is 0 Å². The van der Waals surface area contributed by atoms with E-state index in [0.717, 1.165) is 19.3 Å². The zero-order valence-electron chi connectivity index (χ0n) is 9.03. The van der Waals surface area contributed by atoms with Crippen molar-refractivity contribution >= 4 is 25.2 Å². The molecular weight excluding hydrogens is 251 g/mol. The number of benzene rings is 1. The summed E-state index contributed by atoms with van der Waals surface area (Å²) in [6.45, 7) is 2.15. The molecule has 1 unspecified atom stereocenters. The summed E-state index contributed by atoms with van der Waals surface area (Å²) >= 11 is 0.297. The first-order valence-electron chi connectivity index (χ1n) is 5.48. The fourth-order valence-electron chi connectivity index (χ4n) is 2.01. The number of rotatable bonds is 2. The van der Waals surface area contributed by atoms with Crippen molar-refractivity contribution in [3.05, 3.63) is 30.3 Å². The molecule has 1 aromatic carbocycles. The molecule has 1 fully saturated rings. The average molecular weight is 267 g/mol. The number of ketones is 1. The summed E-state index contributed by atoms with van der Waals surface area (Å²) in [6.07, 6.45) is 4.20. The summed E-state index contributed by atoms with van der Waals surface area (Å²) in [4.78, 5) is 11.9. The Morgan fingerprint density at radius 1 is 1.20 bits per heavy atom. The molecule has 1 aliphatic rings. The first-order valence-corrected chi connectivity index (χ1v) is 7.19. The van der Waals surface area contributed by atoms with Crippen LogP contribution in [0.15, 0.2) is 30.3 Å². The SMILES string of the molecule is CC1([Se]c2ccccc2)CCCCC1=O. The summed E-state index contributed by atoms with van der Waals surface area (Å²) in [5.41, 5.74) is 0. The van der Waals surface area contributed by atoms with Crippen LogP contribution in [0.1, 0.15) is 32.6 Å². The predicted molar refractivity (Wildman–Crippen MR) is 63.7 cm³/mol. The molecule has 1 aliphatic carbocycles. The van der Waals surface area contributed by atoms with Crippen LogP contribution in [0.3, 0.4) is 0 Å². The molecule has 0 saturated heterocycles. The molecule has 1 aromatic rings. The van der Waals surface area contributed by atoms with Gasteiger partial charge in [0.25, 0.3) is 0 Å². The minimum absolute atomic E-state index is 0.0351. The summed E-state index contributed by atoms with van der Waals surface area (Å²) in [5, 5.41) is 0. The summed E-state index contributed by atoms with van der Waals surface area (Å²) < 4.78 is 1.31. The van der Waals surface area contributed by atoms with E-state index in [1.165, 1.54) is 10.9 Å². The molecule has 15 heavy (non-hydrogen) atoms. The van der Waals surface area contributed by atoms with Gasteiger partial charge in [0, 0.05) is 0 Å². The molecular formula is C13H16OSe. The minimum atomic E-state index is -0.0351.